The largest absolute Gasteiger partial charge is 0.394 e. The summed E-state index contributed by atoms with van der Waals surface area (Å²) in [5.74, 6) is 0. The Morgan fingerprint density at radius 2 is 0.438 bits per heavy atom. The first-order valence-corrected chi connectivity index (χ1v) is 25.6. The van der Waals surface area contributed by atoms with E-state index < -0.39 is 255 Å². The van der Waals surface area contributed by atoms with Crippen molar-refractivity contribution in [1.82, 2.24) is 5.01 Å². The van der Waals surface area contributed by atoms with E-state index in [2.05, 4.69) is 5.10 Å². The molecule has 21 fully saturated rings. The lowest BCUT2D eigenvalue weighted by Crippen LogP contribution is -2.68. The number of nitrogens with zero attached hydrogens (tertiary/aromatic N) is 2. The summed E-state index contributed by atoms with van der Waals surface area (Å²) in [6.07, 6.45) is -68.7. The van der Waals surface area contributed by atoms with Gasteiger partial charge in [-0.25, -0.2) is 0 Å². The van der Waals surface area contributed by atoms with E-state index in [1.807, 2.05) is 0 Å². The van der Waals surface area contributed by atoms with Gasteiger partial charge in [-0.3, -0.25) is 0 Å². The molecular formula is C44H74N2O34. The van der Waals surface area contributed by atoms with Crippen LogP contribution in [0.1, 0.15) is 0 Å². The van der Waals surface area contributed by atoms with Crippen molar-refractivity contribution in [1.29, 1.82) is 0 Å². The van der Waals surface area contributed by atoms with E-state index in [0.717, 1.165) is 6.21 Å². The molecule has 21 heterocycles. The normalized spacial score (nSPS) is 53.8. The summed E-state index contributed by atoms with van der Waals surface area (Å²) in [5, 5.41) is 227. The van der Waals surface area contributed by atoms with Crippen LogP contribution < -0.4 is 0 Å². The number of rotatable bonds is 8. The minimum Gasteiger partial charge on any atom is -0.394 e. The number of ether oxygens (including phenoxy) is 14. The number of hydrogen-bond donors (Lipinski definition) is 20. The highest BCUT2D eigenvalue weighted by Gasteiger charge is 2.59. The Kier molecular flexibility index (Phi) is 21.8. The van der Waals surface area contributed by atoms with Crippen molar-refractivity contribution in [3.63, 3.8) is 0 Å². The summed E-state index contributed by atoms with van der Waals surface area (Å²) >= 11 is 0. The van der Waals surface area contributed by atoms with Gasteiger partial charge < -0.3 is 173 Å². The summed E-state index contributed by atoms with van der Waals surface area (Å²) in [6.45, 7) is -6.23. The molecule has 14 bridgehead atoms. The Hall–Kier alpha value is -1.89. The minimum atomic E-state index is -2.21. The molecule has 0 spiro atoms. The first kappa shape index (κ1) is 64.1. The van der Waals surface area contributed by atoms with E-state index in [-0.39, 0.29) is 0 Å². The van der Waals surface area contributed by atoms with Gasteiger partial charge in [0, 0.05) is 14.1 Å². The lowest BCUT2D eigenvalue weighted by atomic mass is 9.95. The van der Waals surface area contributed by atoms with Gasteiger partial charge in [0.2, 0.25) is 0 Å². The molecule has 21 aliphatic heterocycles. The Balaban J connectivity index is 1.09. The Bertz CT molecular complexity index is 1940. The number of hydrazone groups is 1. The van der Waals surface area contributed by atoms with Gasteiger partial charge in [0.1, 0.15) is 171 Å². The molecule has 0 radical (unpaired) electrons. The maximum Gasteiger partial charge on any atom is 0.187 e. The highest BCUT2D eigenvalue weighted by atomic mass is 16.8. The zero-order chi connectivity index (χ0) is 58.3. The molecule has 464 valence electrons. The van der Waals surface area contributed by atoms with Gasteiger partial charge in [-0.15, -0.1) is 0 Å². The Morgan fingerprint density at radius 1 is 0.263 bits per heavy atom. The molecule has 0 aromatic carbocycles. The quantitative estimate of drug-likeness (QED) is 0.0793. The monoisotopic (exact) mass is 1170 g/mol. The minimum absolute atomic E-state index is 1.03. The van der Waals surface area contributed by atoms with Crippen LogP contribution in [-0.2, 0) is 66.3 Å². The van der Waals surface area contributed by atoms with Gasteiger partial charge >= 0.3 is 0 Å². The van der Waals surface area contributed by atoms with Crippen molar-refractivity contribution >= 4 is 6.21 Å². The molecule has 0 amide bonds. The van der Waals surface area contributed by atoms with Crippen LogP contribution in [0.4, 0.5) is 0 Å². The van der Waals surface area contributed by atoms with E-state index in [0.29, 0.717) is 0 Å². The Morgan fingerprint density at radius 3 is 0.625 bits per heavy atom. The maximum atomic E-state index is 11.6. The Labute approximate surface area is 452 Å². The molecule has 0 aromatic rings. The predicted molar refractivity (Wildman–Crippen MR) is 244 cm³/mol. The zero-order valence-corrected chi connectivity index (χ0v) is 42.6. The number of hydrogen-bond acceptors (Lipinski definition) is 36. The van der Waals surface area contributed by atoms with Crippen LogP contribution in [0, 0.1) is 0 Å². The third-order valence-electron chi connectivity index (χ3n) is 15.0. The van der Waals surface area contributed by atoms with Crippen molar-refractivity contribution in [2.24, 2.45) is 5.10 Å². The van der Waals surface area contributed by atoms with Crippen LogP contribution in [0.25, 0.3) is 0 Å². The lowest BCUT2D eigenvalue weighted by Gasteiger charge is -2.50. The molecular weight excluding hydrogens is 1100 g/mol. The van der Waals surface area contributed by atoms with Crippen LogP contribution in [-0.4, -0.2) is 382 Å². The average molecular weight is 1180 g/mol. The second-order valence-corrected chi connectivity index (χ2v) is 20.5. The molecule has 0 unspecified atom stereocenters. The smallest absolute Gasteiger partial charge is 0.187 e. The van der Waals surface area contributed by atoms with Crippen LogP contribution in [0.2, 0.25) is 0 Å². The SMILES string of the molecule is CN(C)/N=C/[C@H]1O[C@@H]2O[C@H]3[C@H](O)[C@H](O)[C@@H](O[C@H]4[C@H](O)[C@H](O)[C@@H](O[C@H]5[C@H](O)[C@@H](O)[C@@H](O[C@H]6[C@H](O)[C@@H](O)[C@@H](O[C@H]7[C@H](O)[C@@H](O)[C@@H](O[C@H]8[C@H](O)[C@@H](O)[C@@H](O[C@H]1[C@H](O)[C@H]2O)O[C@@H]8CO)O[C@@H]7CO)O[C@@H]6CO)O[C@@H]5CO)O[C@@H]4CO)O[C@@H]3CO. The van der Waals surface area contributed by atoms with Gasteiger partial charge in [0.15, 0.2) is 44.0 Å². The fourth-order valence-corrected chi connectivity index (χ4v) is 10.5. The molecule has 20 N–H and O–H groups in total. The predicted octanol–water partition coefficient (Wildman–Crippen LogP) is -14.7. The fraction of sp³-hybridized carbons (Fsp3) is 0.977. The summed E-state index contributed by atoms with van der Waals surface area (Å²) in [4.78, 5) is 0. The molecule has 0 aromatic heterocycles. The first-order chi connectivity index (χ1) is 38.0. The summed E-state index contributed by atoms with van der Waals surface area (Å²) in [5.41, 5.74) is 0. The highest BCUT2D eigenvalue weighted by molar-refractivity contribution is 5.64. The van der Waals surface area contributed by atoms with Crippen molar-refractivity contribution in [2.75, 3.05) is 53.7 Å². The molecule has 36 heteroatoms. The van der Waals surface area contributed by atoms with Gasteiger partial charge in [-0.1, -0.05) is 0 Å². The molecule has 80 heavy (non-hydrogen) atoms. The van der Waals surface area contributed by atoms with Gasteiger partial charge in [-0.05, 0) is 0 Å². The van der Waals surface area contributed by atoms with Gasteiger partial charge in [-0.2, -0.15) is 5.10 Å². The molecule has 36 nitrogen and oxygen atoms in total. The van der Waals surface area contributed by atoms with Crippen molar-refractivity contribution in [2.45, 2.75) is 215 Å². The van der Waals surface area contributed by atoms with Crippen molar-refractivity contribution in [3.05, 3.63) is 0 Å². The molecule has 0 aliphatic carbocycles. The van der Waals surface area contributed by atoms with E-state index in [1.165, 1.54) is 19.1 Å². The number of aliphatic hydroxyl groups excluding tert-OH is 20. The third-order valence-corrected chi connectivity index (χ3v) is 15.0. The second kappa shape index (κ2) is 27.2. The highest BCUT2D eigenvalue weighted by Crippen LogP contribution is 2.39. The van der Waals surface area contributed by atoms with E-state index in [4.69, 9.17) is 66.3 Å². The topological polar surface area (TPSA) is 549 Å². The summed E-state index contributed by atoms with van der Waals surface area (Å²) < 4.78 is 80.5. The molecule has 21 aliphatic rings. The van der Waals surface area contributed by atoms with Crippen LogP contribution in [0.3, 0.4) is 0 Å². The summed E-state index contributed by atoms with van der Waals surface area (Å²) in [7, 11) is 2.96. The van der Waals surface area contributed by atoms with Crippen LogP contribution in [0.5, 0.6) is 0 Å². The third kappa shape index (κ3) is 12.8. The zero-order valence-electron chi connectivity index (χ0n) is 42.6. The molecule has 21 saturated heterocycles. The van der Waals surface area contributed by atoms with E-state index in [9.17, 15) is 102 Å². The van der Waals surface area contributed by atoms with Gasteiger partial charge in [0.05, 0.1) is 45.9 Å². The van der Waals surface area contributed by atoms with Crippen molar-refractivity contribution < 1.29 is 168 Å². The molecule has 35 atom stereocenters. The van der Waals surface area contributed by atoms with Crippen LogP contribution >= 0.6 is 0 Å². The standard InChI is InChI=1S/C44H74N2O34/c1-46(2)45-3-10-31-17(53)24(60)38(67-10)75-32-11(4-47)69-40(26(62)19(32)55)77-34-13(6-49)71-42(28(64)21(34)57)79-36-15(8-51)73-44(30(66)23(36)59)80-37-16(9-52)72-43(29(65)22(37)58)78-35-14(7-50)70-41(27(63)20(35)56)76-33-12(5-48)68-39(74-31)25(61)18(33)54/h3,10-44,47-66H,4-9H2,1-2H3/b45-3+/t10-,11-,12-,13-,14-,15-,16-,17-,18-,19-,20-,21-,22-,23-,24-,25-,26+,27-,28+,29-,30-,31-,32-,33-,34-,35-,36-,37-,38-,39-,40-,41-,42-,43-,44-/m1/s1. The second-order valence-electron chi connectivity index (χ2n) is 20.5. The molecule has 0 saturated carbocycles. The first-order valence-electron chi connectivity index (χ1n) is 25.6. The maximum absolute atomic E-state index is 11.6. The lowest BCUT2D eigenvalue weighted by molar-refractivity contribution is -0.396. The fourth-order valence-electron chi connectivity index (χ4n) is 10.5. The average Bonchev–Trinajstić information content (AvgIpc) is 3.54. The van der Waals surface area contributed by atoms with Crippen LogP contribution in [0.15, 0.2) is 5.10 Å². The van der Waals surface area contributed by atoms with Gasteiger partial charge in [0.25, 0.3) is 0 Å². The van der Waals surface area contributed by atoms with E-state index in [1.54, 1.807) is 0 Å². The van der Waals surface area contributed by atoms with Crippen molar-refractivity contribution in [3.8, 4) is 0 Å². The van der Waals surface area contributed by atoms with E-state index >= 15 is 0 Å². The number of aliphatic hydroxyl groups is 20. The molecule has 21 rings (SSSR count). The summed E-state index contributed by atoms with van der Waals surface area (Å²) in [6, 6.07) is 0.